The third-order valence-electron chi connectivity index (χ3n) is 8.65. The van der Waals surface area contributed by atoms with E-state index in [0.29, 0.717) is 0 Å². The van der Waals surface area contributed by atoms with Crippen LogP contribution in [-0.4, -0.2) is 90.1 Å². The highest BCUT2D eigenvalue weighted by Gasteiger charge is 2.55. The number of aliphatic hydroxyl groups excluding tert-OH is 2. The van der Waals surface area contributed by atoms with Gasteiger partial charge in [0.2, 0.25) is 0 Å². The van der Waals surface area contributed by atoms with Crippen molar-refractivity contribution >= 4 is 23.9 Å². The molecule has 4 aromatic rings. The number of hydrogen-bond donors (Lipinski definition) is 7. The van der Waals surface area contributed by atoms with E-state index in [1.165, 1.54) is 97.1 Å². The average Bonchev–Trinajstić information content (AvgIpc) is 3.18. The average molecular weight is 779 g/mol. The fourth-order valence-corrected chi connectivity index (χ4v) is 5.69. The molecular weight excluding hydrogens is 736 g/mol. The van der Waals surface area contributed by atoms with Gasteiger partial charge in [0.25, 0.3) is 0 Å². The second kappa shape index (κ2) is 19.9. The highest BCUT2D eigenvalue weighted by atomic mass is 16.6. The number of aromatic hydroxyl groups is 4. The Morgan fingerprint density at radius 2 is 0.768 bits per heavy atom. The molecule has 0 saturated carbocycles. The zero-order valence-electron chi connectivity index (χ0n) is 30.0. The van der Waals surface area contributed by atoms with Gasteiger partial charge in [0.15, 0.2) is 0 Å². The Hall–Kier alpha value is -6.20. The number of hydrogen-bond acceptors (Lipinski definition) is 16. The summed E-state index contributed by atoms with van der Waals surface area (Å²) >= 11 is 0. The maximum atomic E-state index is 13.2. The first-order valence-corrected chi connectivity index (χ1v) is 17.3. The normalized spacial score (nSPS) is 12.8. The van der Waals surface area contributed by atoms with E-state index in [1.807, 2.05) is 0 Å². The lowest BCUT2D eigenvalue weighted by Crippen LogP contribution is -2.64. The van der Waals surface area contributed by atoms with Crippen LogP contribution in [0.25, 0.3) is 0 Å². The predicted molar refractivity (Wildman–Crippen MR) is 194 cm³/mol. The largest absolute Gasteiger partial charge is 0.508 e. The van der Waals surface area contributed by atoms with Gasteiger partial charge in [0, 0.05) is 19.3 Å². The van der Waals surface area contributed by atoms with Gasteiger partial charge in [0.05, 0.1) is 19.6 Å². The highest BCUT2D eigenvalue weighted by Crippen LogP contribution is 2.42. The van der Waals surface area contributed by atoms with E-state index >= 15 is 0 Å². The van der Waals surface area contributed by atoms with Crippen LogP contribution < -0.4 is 18.9 Å². The molecule has 4 rings (SSSR count). The maximum absolute atomic E-state index is 13.2. The van der Waals surface area contributed by atoms with Crippen molar-refractivity contribution in [2.75, 3.05) is 13.2 Å². The Balaban J connectivity index is 1.66. The maximum Gasteiger partial charge on any atom is 0.313 e. The van der Waals surface area contributed by atoms with E-state index in [-0.39, 0.29) is 46.0 Å². The van der Waals surface area contributed by atoms with Crippen LogP contribution in [0.3, 0.4) is 0 Å². The summed E-state index contributed by atoms with van der Waals surface area (Å²) in [6, 6.07) is 20.8. The van der Waals surface area contributed by atoms with Crippen molar-refractivity contribution in [3.05, 3.63) is 97.1 Å². The third-order valence-corrected chi connectivity index (χ3v) is 8.65. The minimum Gasteiger partial charge on any atom is -0.508 e. The van der Waals surface area contributed by atoms with Gasteiger partial charge in [0.1, 0.15) is 63.3 Å². The number of phenols is 4. The first-order valence-electron chi connectivity index (χ1n) is 17.3. The SMILES string of the molecule is O=C(CCOC(CCC(=O)Oc1ccc(O)cc1)(CCC(=O)Oc1ccc(O)cc1)[C@@](O)(CCC(=O)Oc1ccc(O)cc1)[C@H](O)CO)Oc1ccc(O)cc1. The van der Waals surface area contributed by atoms with Gasteiger partial charge >= 0.3 is 23.9 Å². The quantitative estimate of drug-likeness (QED) is 0.0497. The summed E-state index contributed by atoms with van der Waals surface area (Å²) in [5.41, 5.74) is -4.86. The van der Waals surface area contributed by atoms with Crippen LogP contribution in [0.1, 0.15) is 44.9 Å². The monoisotopic (exact) mass is 778 g/mol. The number of aliphatic hydroxyl groups is 3. The number of benzene rings is 4. The highest BCUT2D eigenvalue weighted by molar-refractivity contribution is 5.74. The molecule has 2 atom stereocenters. The predicted octanol–water partition coefficient (Wildman–Crippen LogP) is 3.80. The molecule has 0 heterocycles. The van der Waals surface area contributed by atoms with Gasteiger partial charge < -0.3 is 59.4 Å². The lowest BCUT2D eigenvalue weighted by molar-refractivity contribution is -0.242. The summed E-state index contributed by atoms with van der Waals surface area (Å²) in [5, 5.41) is 72.3. The van der Waals surface area contributed by atoms with Gasteiger partial charge in [-0.3, -0.25) is 19.2 Å². The van der Waals surface area contributed by atoms with Gasteiger partial charge in [-0.25, -0.2) is 0 Å². The summed E-state index contributed by atoms with van der Waals surface area (Å²) < 4.78 is 27.6. The second-order valence-electron chi connectivity index (χ2n) is 12.6. The fraction of sp³-hybridized carbons (Fsp3) is 0.300. The molecule has 0 bridgehead atoms. The minimum absolute atomic E-state index is 0.0441. The number of rotatable bonds is 20. The fourth-order valence-electron chi connectivity index (χ4n) is 5.69. The number of ether oxygens (including phenoxy) is 5. The molecule has 0 aliphatic rings. The molecule has 16 nitrogen and oxygen atoms in total. The van der Waals surface area contributed by atoms with Crippen molar-refractivity contribution in [1.29, 1.82) is 0 Å². The minimum atomic E-state index is -2.64. The van der Waals surface area contributed by atoms with E-state index in [1.54, 1.807) is 0 Å². The van der Waals surface area contributed by atoms with Crippen LogP contribution in [0.4, 0.5) is 0 Å². The summed E-state index contributed by atoms with van der Waals surface area (Å²) in [4.78, 5) is 52.2. The van der Waals surface area contributed by atoms with Gasteiger partial charge in [-0.2, -0.15) is 0 Å². The molecule has 16 heteroatoms. The molecule has 7 N–H and O–H groups in total. The number of carbonyl (C=O) groups is 4. The zero-order chi connectivity index (χ0) is 40.7. The van der Waals surface area contributed by atoms with Crippen molar-refractivity contribution in [3.8, 4) is 46.0 Å². The molecule has 0 aliphatic carbocycles. The van der Waals surface area contributed by atoms with E-state index in [2.05, 4.69) is 0 Å². The van der Waals surface area contributed by atoms with Crippen molar-refractivity contribution < 1.29 is 78.6 Å². The molecule has 4 aromatic carbocycles. The van der Waals surface area contributed by atoms with E-state index in [0.717, 1.165) is 0 Å². The third kappa shape index (κ3) is 12.4. The van der Waals surface area contributed by atoms with E-state index in [9.17, 15) is 54.9 Å². The lowest BCUT2D eigenvalue weighted by Gasteiger charge is -2.49. The molecule has 0 aliphatic heterocycles. The van der Waals surface area contributed by atoms with Crippen LogP contribution >= 0.6 is 0 Å². The van der Waals surface area contributed by atoms with Crippen LogP contribution in [0.5, 0.6) is 46.0 Å². The van der Waals surface area contributed by atoms with Crippen LogP contribution in [0, 0.1) is 0 Å². The molecule has 0 unspecified atom stereocenters. The Morgan fingerprint density at radius 1 is 0.482 bits per heavy atom. The first-order chi connectivity index (χ1) is 26.7. The second-order valence-corrected chi connectivity index (χ2v) is 12.6. The van der Waals surface area contributed by atoms with Crippen LogP contribution in [0.2, 0.25) is 0 Å². The molecule has 298 valence electrons. The molecule has 0 fully saturated rings. The standard InChI is InChI=1S/C40H42O16/c41-25-34(46)40(51,23-19-37(49)55-32-13-5-28(44)6-14-32)39(21-17-35(47)53-30-9-1-26(42)2-10-30,22-18-36(48)54-31-11-3-27(43)4-12-31)52-24-20-38(50)56-33-15-7-29(45)8-16-33/h1-16,34,41-46,51H,17-25H2/t34-,40-/m1/s1. The Kier molecular flexibility index (Phi) is 15.1. The van der Waals surface area contributed by atoms with Crippen LogP contribution in [-0.2, 0) is 23.9 Å². The summed E-state index contributed by atoms with van der Waals surface area (Å²) in [5.74, 6) is -3.60. The molecule has 56 heavy (non-hydrogen) atoms. The van der Waals surface area contributed by atoms with Gasteiger partial charge in [-0.1, -0.05) is 0 Å². The van der Waals surface area contributed by atoms with E-state index in [4.69, 9.17) is 23.7 Å². The summed E-state index contributed by atoms with van der Waals surface area (Å²) in [7, 11) is 0. The smallest absolute Gasteiger partial charge is 0.313 e. The molecule has 0 saturated heterocycles. The van der Waals surface area contributed by atoms with Crippen molar-refractivity contribution in [1.82, 2.24) is 0 Å². The number of esters is 4. The lowest BCUT2D eigenvalue weighted by atomic mass is 9.70. The molecule has 0 amide bonds. The van der Waals surface area contributed by atoms with Crippen molar-refractivity contribution in [3.63, 3.8) is 0 Å². The first kappa shape index (κ1) is 42.5. The Morgan fingerprint density at radius 3 is 1.07 bits per heavy atom. The Bertz CT molecular complexity index is 1830. The number of phenolic OH excluding ortho intramolecular Hbond substituents is 4. The summed E-state index contributed by atoms with van der Waals surface area (Å²) in [6.45, 7) is -1.64. The van der Waals surface area contributed by atoms with Gasteiger partial charge in [-0.15, -0.1) is 0 Å². The van der Waals surface area contributed by atoms with Crippen LogP contribution in [0.15, 0.2) is 97.1 Å². The topological polar surface area (TPSA) is 256 Å². The number of carbonyl (C=O) groups excluding carboxylic acids is 4. The van der Waals surface area contributed by atoms with E-state index < -0.39 is 99.3 Å². The van der Waals surface area contributed by atoms with Gasteiger partial charge in [-0.05, 0) is 116 Å². The molecule has 0 spiro atoms. The molecule has 0 aromatic heterocycles. The summed E-state index contributed by atoms with van der Waals surface area (Å²) in [6.07, 6.45) is -5.99. The Labute approximate surface area is 320 Å². The van der Waals surface area contributed by atoms with Crippen molar-refractivity contribution in [2.45, 2.75) is 62.3 Å². The molecule has 0 radical (unpaired) electrons. The zero-order valence-corrected chi connectivity index (χ0v) is 30.0. The van der Waals surface area contributed by atoms with Crippen molar-refractivity contribution in [2.24, 2.45) is 0 Å². The molecular formula is C40H42O16.